The van der Waals surface area contributed by atoms with Crippen molar-refractivity contribution in [2.45, 2.75) is 62.6 Å². The van der Waals surface area contributed by atoms with E-state index < -0.39 is 46.9 Å². The summed E-state index contributed by atoms with van der Waals surface area (Å²) in [4.78, 5) is 29.3. The molecule has 0 bridgehead atoms. The lowest BCUT2D eigenvalue weighted by atomic mass is 9.79. The van der Waals surface area contributed by atoms with Gasteiger partial charge in [0.25, 0.3) is 5.91 Å². The molecule has 1 saturated heterocycles. The predicted molar refractivity (Wildman–Crippen MR) is 151 cm³/mol. The van der Waals surface area contributed by atoms with E-state index in [0.29, 0.717) is 37.9 Å². The minimum Gasteiger partial charge on any atom is -0.378 e. The van der Waals surface area contributed by atoms with Crippen molar-refractivity contribution in [1.29, 1.82) is 0 Å². The molecule has 2 heterocycles. The molecule has 1 aliphatic carbocycles. The van der Waals surface area contributed by atoms with Crippen LogP contribution >= 0.6 is 0 Å². The molecule has 3 aromatic carbocycles. The Labute approximate surface area is 250 Å². The summed E-state index contributed by atoms with van der Waals surface area (Å²) in [7, 11) is 0. The van der Waals surface area contributed by atoms with Gasteiger partial charge in [-0.1, -0.05) is 61.4 Å². The maximum absolute atomic E-state index is 14.3. The Kier molecular flexibility index (Phi) is 7.83. The van der Waals surface area contributed by atoms with Gasteiger partial charge >= 0.3 is 12.4 Å². The number of carbonyl (C=O) groups is 2. The third-order valence-electron chi connectivity index (χ3n) is 9.15. The van der Waals surface area contributed by atoms with E-state index in [9.17, 15) is 35.9 Å². The number of hydrogen-bond acceptors (Lipinski definition) is 3. The molecule has 5 atom stereocenters. The number of benzene rings is 3. The normalized spacial score (nSPS) is 25.0. The summed E-state index contributed by atoms with van der Waals surface area (Å²) in [5, 5.41) is 6.29. The molecular formula is C33H31F6N3O2. The lowest BCUT2D eigenvalue weighted by molar-refractivity contribution is -0.143. The minimum absolute atomic E-state index is 0.00686. The number of alkyl halides is 6. The smallest absolute Gasteiger partial charge is 0.378 e. The molecule has 3 aromatic rings. The number of para-hydroxylation sites is 1. The van der Waals surface area contributed by atoms with Crippen LogP contribution in [0.1, 0.15) is 76.8 Å². The van der Waals surface area contributed by atoms with E-state index in [4.69, 9.17) is 0 Å². The number of anilines is 1. The van der Waals surface area contributed by atoms with Gasteiger partial charge in [0.2, 0.25) is 5.91 Å². The summed E-state index contributed by atoms with van der Waals surface area (Å²) in [6.07, 6.45) is -7.18. The van der Waals surface area contributed by atoms with Gasteiger partial charge in [-0.25, -0.2) is 0 Å². The Morgan fingerprint density at radius 2 is 1.43 bits per heavy atom. The lowest BCUT2D eigenvalue weighted by Crippen LogP contribution is -2.50. The Morgan fingerprint density at radius 1 is 0.795 bits per heavy atom. The molecule has 2 N–H and O–H groups in total. The molecule has 6 rings (SSSR count). The zero-order valence-electron chi connectivity index (χ0n) is 23.6. The molecule has 5 unspecified atom stereocenters. The van der Waals surface area contributed by atoms with Gasteiger partial charge in [-0.15, -0.1) is 0 Å². The average Bonchev–Trinajstić information content (AvgIpc) is 3.45. The van der Waals surface area contributed by atoms with Crippen LogP contribution in [0.15, 0.2) is 72.8 Å². The molecule has 2 amide bonds. The highest BCUT2D eigenvalue weighted by Crippen LogP contribution is 2.52. The summed E-state index contributed by atoms with van der Waals surface area (Å²) in [5.74, 6) is -1.80. The number of carbonyl (C=O) groups excluding carboxylic acids is 2. The summed E-state index contributed by atoms with van der Waals surface area (Å²) in [5.41, 5.74) is -0.836. The number of amides is 2. The zero-order valence-corrected chi connectivity index (χ0v) is 23.6. The Hall–Kier alpha value is -4.02. The second-order valence-corrected chi connectivity index (χ2v) is 11.8. The summed E-state index contributed by atoms with van der Waals surface area (Å²) in [6.45, 7) is 0.493. The molecule has 0 radical (unpaired) electrons. The third kappa shape index (κ3) is 5.76. The monoisotopic (exact) mass is 615 g/mol. The Balaban J connectivity index is 1.27. The van der Waals surface area contributed by atoms with Crippen LogP contribution in [0.4, 0.5) is 32.0 Å². The van der Waals surface area contributed by atoms with Gasteiger partial charge in [0.1, 0.15) is 0 Å². The second kappa shape index (κ2) is 11.5. The quantitative estimate of drug-likeness (QED) is 0.295. The largest absolute Gasteiger partial charge is 0.416 e. The summed E-state index contributed by atoms with van der Waals surface area (Å²) >= 11 is 0. The van der Waals surface area contributed by atoms with Crippen molar-refractivity contribution < 1.29 is 35.9 Å². The average molecular weight is 616 g/mol. The first-order chi connectivity index (χ1) is 20.9. The van der Waals surface area contributed by atoms with E-state index in [1.165, 1.54) is 0 Å². The van der Waals surface area contributed by atoms with Crippen LogP contribution in [0, 0.1) is 11.8 Å². The predicted octanol–water partition coefficient (Wildman–Crippen LogP) is 7.77. The second-order valence-electron chi connectivity index (χ2n) is 11.8. The zero-order chi connectivity index (χ0) is 31.2. The van der Waals surface area contributed by atoms with E-state index in [1.807, 2.05) is 47.4 Å². The third-order valence-corrected chi connectivity index (χ3v) is 9.15. The summed E-state index contributed by atoms with van der Waals surface area (Å²) in [6, 6.07) is 17.7. The Bertz CT molecular complexity index is 1510. The molecule has 232 valence electrons. The fraction of sp³-hybridized carbons (Fsp3) is 0.394. The molecule has 11 heteroatoms. The fourth-order valence-corrected chi connectivity index (χ4v) is 7.11. The van der Waals surface area contributed by atoms with Gasteiger partial charge in [0.05, 0.1) is 29.1 Å². The number of likely N-dealkylation sites (tertiary alicyclic amines) is 1. The van der Waals surface area contributed by atoms with Crippen LogP contribution in [-0.4, -0.2) is 29.3 Å². The molecule has 44 heavy (non-hydrogen) atoms. The fourth-order valence-electron chi connectivity index (χ4n) is 7.11. The van der Waals surface area contributed by atoms with Crippen LogP contribution in [0.5, 0.6) is 0 Å². The number of fused-ring (bicyclic) bond motifs is 3. The lowest BCUT2D eigenvalue weighted by Gasteiger charge is -2.42. The van der Waals surface area contributed by atoms with Gasteiger partial charge in [-0.2, -0.15) is 26.3 Å². The molecule has 2 aliphatic heterocycles. The van der Waals surface area contributed by atoms with Crippen LogP contribution in [0.3, 0.4) is 0 Å². The number of hydrogen-bond donors (Lipinski definition) is 2. The molecule has 2 fully saturated rings. The van der Waals surface area contributed by atoms with Crippen LogP contribution in [-0.2, 0) is 17.1 Å². The van der Waals surface area contributed by atoms with Crippen molar-refractivity contribution in [2.75, 3.05) is 11.9 Å². The highest BCUT2D eigenvalue weighted by Gasteiger charge is 2.48. The van der Waals surface area contributed by atoms with Gasteiger partial charge in [-0.3, -0.25) is 9.59 Å². The van der Waals surface area contributed by atoms with Crippen molar-refractivity contribution in [3.63, 3.8) is 0 Å². The highest BCUT2D eigenvalue weighted by atomic mass is 19.4. The van der Waals surface area contributed by atoms with Gasteiger partial charge in [0.15, 0.2) is 0 Å². The van der Waals surface area contributed by atoms with E-state index in [0.717, 1.165) is 29.7 Å². The molecule has 5 nitrogen and oxygen atoms in total. The highest BCUT2D eigenvalue weighted by molar-refractivity contribution is 5.95. The topological polar surface area (TPSA) is 61.4 Å². The van der Waals surface area contributed by atoms with E-state index >= 15 is 0 Å². The molecular weight excluding hydrogens is 584 g/mol. The van der Waals surface area contributed by atoms with Crippen LogP contribution in [0.25, 0.3) is 0 Å². The first kappa shape index (κ1) is 30.0. The first-order valence-electron chi connectivity index (χ1n) is 14.7. The van der Waals surface area contributed by atoms with Gasteiger partial charge in [0, 0.05) is 29.8 Å². The van der Waals surface area contributed by atoms with E-state index in [2.05, 4.69) is 22.8 Å². The van der Waals surface area contributed by atoms with E-state index in [-0.39, 0.29) is 30.0 Å². The first-order valence-corrected chi connectivity index (χ1v) is 14.7. The van der Waals surface area contributed by atoms with Crippen LogP contribution < -0.4 is 10.6 Å². The number of nitrogens with one attached hydrogen (secondary N) is 2. The standard InChI is InChI=1S/C33H31F6N3O2/c34-32(35,36)21-16-20(17-22(18-21)33(37,38)39)30(43)41-27-13-7-5-11-24(27)31(44)42-15-14-25-28(19-8-2-1-3-9-19)40-26-12-6-4-10-23(26)29(25)42/h1-4,6,8-10,12,16-18,24-25,27-29,40H,5,7,11,13-15H2,(H,41,43). The SMILES string of the molecule is O=C(NC1CCCCC1C(=O)N1CCC2C(c3ccccc3)Nc3ccccc3C21)c1cc(C(F)(F)F)cc(C(F)(F)F)c1. The number of halogens is 6. The minimum atomic E-state index is -5.07. The van der Waals surface area contributed by atoms with Gasteiger partial charge < -0.3 is 15.5 Å². The Morgan fingerprint density at radius 3 is 2.11 bits per heavy atom. The molecule has 1 saturated carbocycles. The maximum Gasteiger partial charge on any atom is 0.416 e. The maximum atomic E-state index is 14.3. The molecule has 3 aliphatic rings. The van der Waals surface area contributed by atoms with Crippen molar-refractivity contribution in [3.05, 3.63) is 101 Å². The van der Waals surface area contributed by atoms with Crippen molar-refractivity contribution in [2.24, 2.45) is 11.8 Å². The molecule has 0 aromatic heterocycles. The van der Waals surface area contributed by atoms with Crippen LogP contribution in [0.2, 0.25) is 0 Å². The molecule has 0 spiro atoms. The van der Waals surface area contributed by atoms with Crippen molar-refractivity contribution >= 4 is 17.5 Å². The number of rotatable bonds is 4. The van der Waals surface area contributed by atoms with E-state index in [1.54, 1.807) is 0 Å². The van der Waals surface area contributed by atoms with Crippen molar-refractivity contribution in [3.8, 4) is 0 Å². The summed E-state index contributed by atoms with van der Waals surface area (Å²) < 4.78 is 80.5. The van der Waals surface area contributed by atoms with Gasteiger partial charge in [-0.05, 0) is 54.7 Å². The van der Waals surface area contributed by atoms with Crippen molar-refractivity contribution in [1.82, 2.24) is 10.2 Å². The number of nitrogens with zero attached hydrogens (tertiary/aromatic N) is 1.